The second-order valence-corrected chi connectivity index (χ2v) is 7.55. The molecular weight excluding hydrogens is 280 g/mol. The first-order valence-corrected chi connectivity index (χ1v) is 10.3. The zero-order chi connectivity index (χ0) is 17.2. The van der Waals surface area contributed by atoms with Crippen LogP contribution < -0.4 is 11.5 Å². The number of hydrogen-bond donors (Lipinski definition) is 2. The Hall–Kier alpha value is -0.340. The van der Waals surface area contributed by atoms with Crippen molar-refractivity contribution in [3.63, 3.8) is 0 Å². The fraction of sp³-hybridized carbons (Fsp3) is 0.905. The third-order valence-corrected chi connectivity index (χ3v) is 4.48. The Balaban J connectivity index is 3.11. The van der Waals surface area contributed by atoms with Crippen molar-refractivity contribution >= 4 is 0 Å². The minimum Gasteiger partial charge on any atom is -0.314 e. The first-order chi connectivity index (χ1) is 11.1. The van der Waals surface area contributed by atoms with Crippen LogP contribution in [0.25, 0.3) is 0 Å². The van der Waals surface area contributed by atoms with Gasteiger partial charge in [-0.15, -0.1) is 0 Å². The van der Waals surface area contributed by atoms with Gasteiger partial charge in [-0.1, -0.05) is 89.7 Å². The van der Waals surface area contributed by atoms with Gasteiger partial charge in [0, 0.05) is 0 Å². The molecule has 0 aromatic carbocycles. The summed E-state index contributed by atoms with van der Waals surface area (Å²) < 4.78 is 0. The molecule has 0 aliphatic rings. The van der Waals surface area contributed by atoms with Gasteiger partial charge in [-0.05, 0) is 39.0 Å². The normalized spacial score (nSPS) is 12.3. The summed E-state index contributed by atoms with van der Waals surface area (Å²) in [6.07, 6.45) is 26.0. The summed E-state index contributed by atoms with van der Waals surface area (Å²) in [7, 11) is 0. The minimum absolute atomic E-state index is 0.470. The van der Waals surface area contributed by atoms with Gasteiger partial charge in [0.25, 0.3) is 0 Å². The van der Waals surface area contributed by atoms with Crippen LogP contribution in [0.4, 0.5) is 0 Å². The lowest BCUT2D eigenvalue weighted by Gasteiger charge is -2.17. The largest absolute Gasteiger partial charge is 0.314 e. The Labute approximate surface area is 146 Å². The van der Waals surface area contributed by atoms with Crippen LogP contribution in [0.5, 0.6) is 0 Å². The summed E-state index contributed by atoms with van der Waals surface area (Å²) in [4.78, 5) is 0. The van der Waals surface area contributed by atoms with Crippen molar-refractivity contribution in [3.8, 4) is 0 Å². The van der Waals surface area contributed by atoms with E-state index < -0.39 is 5.66 Å². The van der Waals surface area contributed by atoms with Gasteiger partial charge in [-0.2, -0.15) is 0 Å². The van der Waals surface area contributed by atoms with Crippen LogP contribution >= 0.6 is 0 Å². The maximum absolute atomic E-state index is 5.77. The number of hydrogen-bond acceptors (Lipinski definition) is 2. The molecule has 0 saturated heterocycles. The predicted molar refractivity (Wildman–Crippen MR) is 105 cm³/mol. The fourth-order valence-electron chi connectivity index (χ4n) is 2.93. The van der Waals surface area contributed by atoms with Crippen molar-refractivity contribution in [3.05, 3.63) is 12.2 Å². The Morgan fingerprint density at radius 1 is 0.609 bits per heavy atom. The molecule has 0 aliphatic heterocycles. The van der Waals surface area contributed by atoms with Gasteiger partial charge in [0.05, 0.1) is 5.66 Å². The Kier molecular flexibility index (Phi) is 16.3. The summed E-state index contributed by atoms with van der Waals surface area (Å²) in [5.74, 6) is 0. The highest BCUT2D eigenvalue weighted by Gasteiger charge is 2.09. The number of nitrogens with two attached hydrogens (primary N) is 2. The van der Waals surface area contributed by atoms with Gasteiger partial charge in [0.1, 0.15) is 0 Å². The second kappa shape index (κ2) is 16.5. The van der Waals surface area contributed by atoms with E-state index in [2.05, 4.69) is 19.1 Å². The van der Waals surface area contributed by atoms with E-state index in [1.54, 1.807) is 0 Å². The highest BCUT2D eigenvalue weighted by molar-refractivity contribution is 4.81. The standard InChI is InChI=1S/C21H44N2/c1-3-4-5-6-7-8-9-10-11-12-13-14-15-16-17-18-19-20-21(2,22)23/h10-11H,3-9,12-20,22-23H2,1-2H3/b11-10-. The molecule has 0 bridgehead atoms. The van der Waals surface area contributed by atoms with Crippen LogP contribution in [0.1, 0.15) is 117 Å². The lowest BCUT2D eigenvalue weighted by atomic mass is 10.0. The quantitative estimate of drug-likeness (QED) is 0.184. The molecule has 0 atom stereocenters. The van der Waals surface area contributed by atoms with Gasteiger partial charge in [-0.25, -0.2) is 0 Å². The first-order valence-electron chi connectivity index (χ1n) is 10.3. The zero-order valence-electron chi connectivity index (χ0n) is 16.1. The molecule has 0 heterocycles. The molecule has 0 fully saturated rings. The van der Waals surface area contributed by atoms with E-state index in [9.17, 15) is 0 Å². The van der Waals surface area contributed by atoms with Crippen molar-refractivity contribution in [2.45, 2.75) is 122 Å². The highest BCUT2D eigenvalue weighted by atomic mass is 14.9. The summed E-state index contributed by atoms with van der Waals surface area (Å²) in [6.45, 7) is 4.19. The van der Waals surface area contributed by atoms with Crippen molar-refractivity contribution in [2.75, 3.05) is 0 Å². The van der Waals surface area contributed by atoms with Gasteiger partial charge >= 0.3 is 0 Å². The van der Waals surface area contributed by atoms with E-state index in [0.29, 0.717) is 0 Å². The fourth-order valence-corrected chi connectivity index (χ4v) is 2.93. The molecule has 0 spiro atoms. The summed E-state index contributed by atoms with van der Waals surface area (Å²) >= 11 is 0. The molecule has 4 N–H and O–H groups in total. The number of unbranched alkanes of at least 4 members (excludes halogenated alkanes) is 13. The predicted octanol–water partition coefficient (Wildman–Crippen LogP) is 6.44. The van der Waals surface area contributed by atoms with Crippen LogP contribution in [0.2, 0.25) is 0 Å². The van der Waals surface area contributed by atoms with E-state index in [4.69, 9.17) is 11.5 Å². The number of rotatable bonds is 17. The zero-order valence-corrected chi connectivity index (χ0v) is 16.1. The molecule has 0 aliphatic carbocycles. The molecule has 0 radical (unpaired) electrons. The molecule has 0 aromatic heterocycles. The maximum atomic E-state index is 5.77. The topological polar surface area (TPSA) is 52.0 Å². The lowest BCUT2D eigenvalue weighted by Crippen LogP contribution is -2.45. The number of allylic oxidation sites excluding steroid dienone is 2. The van der Waals surface area contributed by atoms with E-state index in [0.717, 1.165) is 6.42 Å². The minimum atomic E-state index is -0.470. The molecule has 0 saturated carbocycles. The summed E-state index contributed by atoms with van der Waals surface area (Å²) in [5.41, 5.74) is 11.1. The highest BCUT2D eigenvalue weighted by Crippen LogP contribution is 2.12. The third-order valence-electron chi connectivity index (χ3n) is 4.48. The van der Waals surface area contributed by atoms with Crippen LogP contribution in [-0.4, -0.2) is 5.66 Å². The van der Waals surface area contributed by atoms with Crippen LogP contribution in [0, 0.1) is 0 Å². The molecule has 2 nitrogen and oxygen atoms in total. The average molecular weight is 325 g/mol. The summed E-state index contributed by atoms with van der Waals surface area (Å²) in [6, 6.07) is 0. The second-order valence-electron chi connectivity index (χ2n) is 7.55. The van der Waals surface area contributed by atoms with Crippen molar-refractivity contribution < 1.29 is 0 Å². The maximum Gasteiger partial charge on any atom is 0.0607 e. The molecule has 0 amide bonds. The molecule has 0 unspecified atom stereocenters. The van der Waals surface area contributed by atoms with Gasteiger partial charge in [0.2, 0.25) is 0 Å². The Morgan fingerprint density at radius 2 is 1.00 bits per heavy atom. The monoisotopic (exact) mass is 324 g/mol. The molecule has 2 heteroatoms. The first kappa shape index (κ1) is 22.7. The van der Waals surface area contributed by atoms with E-state index in [1.807, 2.05) is 6.92 Å². The molecule has 0 rings (SSSR count). The third kappa shape index (κ3) is 21.7. The lowest BCUT2D eigenvalue weighted by molar-refractivity contribution is 0.420. The smallest absolute Gasteiger partial charge is 0.0607 e. The molecule has 138 valence electrons. The van der Waals surface area contributed by atoms with E-state index in [-0.39, 0.29) is 0 Å². The van der Waals surface area contributed by atoms with Gasteiger partial charge in [-0.3, -0.25) is 0 Å². The molecule has 0 aromatic rings. The van der Waals surface area contributed by atoms with Crippen molar-refractivity contribution in [1.29, 1.82) is 0 Å². The average Bonchev–Trinajstić information content (AvgIpc) is 2.49. The molecular formula is C21H44N2. The SMILES string of the molecule is CCCCCCCC/C=C\CCCCCCCCCC(C)(N)N. The van der Waals surface area contributed by atoms with Crippen molar-refractivity contribution in [1.82, 2.24) is 0 Å². The van der Waals surface area contributed by atoms with E-state index >= 15 is 0 Å². The van der Waals surface area contributed by atoms with Crippen molar-refractivity contribution in [2.24, 2.45) is 11.5 Å². The van der Waals surface area contributed by atoms with Crippen LogP contribution in [-0.2, 0) is 0 Å². The van der Waals surface area contributed by atoms with E-state index in [1.165, 1.54) is 96.3 Å². The summed E-state index contributed by atoms with van der Waals surface area (Å²) in [5, 5.41) is 0. The van der Waals surface area contributed by atoms with Crippen LogP contribution in [0.15, 0.2) is 12.2 Å². The Bertz CT molecular complexity index is 253. The van der Waals surface area contributed by atoms with Gasteiger partial charge in [0.15, 0.2) is 0 Å². The van der Waals surface area contributed by atoms with Crippen LogP contribution in [0.3, 0.4) is 0 Å². The van der Waals surface area contributed by atoms with Gasteiger partial charge < -0.3 is 11.5 Å². The Morgan fingerprint density at radius 3 is 1.43 bits per heavy atom. The molecule has 23 heavy (non-hydrogen) atoms.